The van der Waals surface area contributed by atoms with Crippen molar-refractivity contribution in [3.63, 3.8) is 0 Å². The second-order valence-electron chi connectivity index (χ2n) is 8.51. The molecule has 5 nitrogen and oxygen atoms in total. The monoisotopic (exact) mass is 410 g/mol. The Morgan fingerprint density at radius 3 is 1.97 bits per heavy atom. The number of hydrogen-bond acceptors (Lipinski definition) is 3. The number of amides is 1. The largest absolute Gasteiger partial charge is 0.310 e. The molecule has 31 heavy (non-hydrogen) atoms. The molecule has 0 aliphatic carbocycles. The van der Waals surface area contributed by atoms with Gasteiger partial charge in [0.1, 0.15) is 5.82 Å². The molecule has 1 N–H and O–H groups in total. The van der Waals surface area contributed by atoms with Gasteiger partial charge in [0.2, 0.25) is 5.91 Å². The molecule has 0 saturated carbocycles. The Kier molecular flexibility index (Phi) is 5.67. The number of carbonyl (C=O) groups is 1. The smallest absolute Gasteiger partial charge is 0.237 e. The highest BCUT2D eigenvalue weighted by Crippen LogP contribution is 2.29. The van der Waals surface area contributed by atoms with Crippen LogP contribution in [0.15, 0.2) is 91.1 Å². The van der Waals surface area contributed by atoms with Crippen LogP contribution in [0.2, 0.25) is 0 Å². The predicted molar refractivity (Wildman–Crippen MR) is 123 cm³/mol. The third-order valence-corrected chi connectivity index (χ3v) is 5.12. The number of nitrogens with zero attached hydrogens (tertiary/aromatic N) is 3. The Morgan fingerprint density at radius 2 is 1.45 bits per heavy atom. The highest BCUT2D eigenvalue weighted by Gasteiger charge is 2.26. The SMILES string of the molecule is CC(C)(C)c1cc(NC(=O)C(c2ccccc2)c2ccccc2)n(-c2ccccn2)n1. The van der Waals surface area contributed by atoms with Crippen LogP contribution < -0.4 is 5.32 Å². The molecule has 0 spiro atoms. The number of nitrogens with one attached hydrogen (secondary N) is 1. The molecular weight excluding hydrogens is 384 g/mol. The van der Waals surface area contributed by atoms with Crippen molar-refractivity contribution in [2.24, 2.45) is 0 Å². The lowest BCUT2D eigenvalue weighted by Gasteiger charge is -2.18. The molecule has 0 fully saturated rings. The quantitative estimate of drug-likeness (QED) is 0.483. The fourth-order valence-electron chi connectivity index (χ4n) is 3.47. The van der Waals surface area contributed by atoms with Gasteiger partial charge in [-0.1, -0.05) is 87.5 Å². The molecule has 0 aliphatic rings. The van der Waals surface area contributed by atoms with E-state index in [1.54, 1.807) is 10.9 Å². The maximum Gasteiger partial charge on any atom is 0.237 e. The summed E-state index contributed by atoms with van der Waals surface area (Å²) in [6.07, 6.45) is 1.72. The zero-order chi connectivity index (χ0) is 21.8. The van der Waals surface area contributed by atoms with Crippen molar-refractivity contribution in [3.8, 4) is 5.82 Å². The van der Waals surface area contributed by atoms with E-state index >= 15 is 0 Å². The average molecular weight is 411 g/mol. The van der Waals surface area contributed by atoms with E-state index in [-0.39, 0.29) is 11.3 Å². The lowest BCUT2D eigenvalue weighted by Crippen LogP contribution is -2.23. The number of hydrogen-bond donors (Lipinski definition) is 1. The number of benzene rings is 2. The van der Waals surface area contributed by atoms with Gasteiger partial charge in [-0.25, -0.2) is 4.98 Å². The fraction of sp³-hybridized carbons (Fsp3) is 0.192. The first-order valence-corrected chi connectivity index (χ1v) is 10.4. The lowest BCUT2D eigenvalue weighted by atomic mass is 9.90. The van der Waals surface area contributed by atoms with Gasteiger partial charge in [0.15, 0.2) is 5.82 Å². The standard InChI is InChI=1S/C26H26N4O/c1-26(2,3)21-18-23(30(29-21)22-16-10-11-17-27-22)28-25(31)24(19-12-6-4-7-13-19)20-14-8-5-9-15-20/h4-18,24H,1-3H3,(H,28,31). The molecule has 0 atom stereocenters. The minimum absolute atomic E-state index is 0.116. The Morgan fingerprint density at radius 1 is 0.871 bits per heavy atom. The van der Waals surface area contributed by atoms with E-state index < -0.39 is 5.92 Å². The topological polar surface area (TPSA) is 59.8 Å². The van der Waals surface area contributed by atoms with Crippen molar-refractivity contribution in [1.82, 2.24) is 14.8 Å². The van der Waals surface area contributed by atoms with E-state index in [1.165, 1.54) is 0 Å². The van der Waals surface area contributed by atoms with Gasteiger partial charge < -0.3 is 5.32 Å². The van der Waals surface area contributed by atoms with Crippen molar-refractivity contribution in [2.75, 3.05) is 5.32 Å². The predicted octanol–water partition coefficient (Wildman–Crippen LogP) is 5.34. The number of carbonyl (C=O) groups excluding carboxylic acids is 1. The van der Waals surface area contributed by atoms with Crippen LogP contribution in [-0.2, 0) is 10.2 Å². The van der Waals surface area contributed by atoms with Crippen molar-refractivity contribution < 1.29 is 4.79 Å². The van der Waals surface area contributed by atoms with E-state index in [9.17, 15) is 4.79 Å². The Bertz CT molecular complexity index is 1110. The van der Waals surface area contributed by atoms with Crippen LogP contribution in [0.3, 0.4) is 0 Å². The third-order valence-electron chi connectivity index (χ3n) is 5.12. The molecule has 0 saturated heterocycles. The minimum Gasteiger partial charge on any atom is -0.310 e. The molecule has 0 radical (unpaired) electrons. The van der Waals surface area contributed by atoms with Crippen molar-refractivity contribution in [1.29, 1.82) is 0 Å². The third kappa shape index (κ3) is 4.56. The van der Waals surface area contributed by atoms with E-state index in [1.807, 2.05) is 84.9 Å². The average Bonchev–Trinajstić information content (AvgIpc) is 3.20. The number of anilines is 1. The minimum atomic E-state index is -0.437. The van der Waals surface area contributed by atoms with Crippen LogP contribution in [0.25, 0.3) is 5.82 Å². The number of rotatable bonds is 5. The Labute approximate surface area is 182 Å². The molecule has 2 aromatic heterocycles. The van der Waals surface area contributed by atoms with Gasteiger partial charge in [0, 0.05) is 17.7 Å². The van der Waals surface area contributed by atoms with Crippen LogP contribution in [0.4, 0.5) is 5.82 Å². The first-order chi connectivity index (χ1) is 14.9. The maximum absolute atomic E-state index is 13.6. The maximum atomic E-state index is 13.6. The lowest BCUT2D eigenvalue weighted by molar-refractivity contribution is -0.116. The van der Waals surface area contributed by atoms with Gasteiger partial charge in [-0.05, 0) is 23.3 Å². The Hall–Kier alpha value is -3.73. The second-order valence-corrected chi connectivity index (χ2v) is 8.51. The van der Waals surface area contributed by atoms with Gasteiger partial charge >= 0.3 is 0 Å². The zero-order valence-electron chi connectivity index (χ0n) is 18.0. The summed E-state index contributed by atoms with van der Waals surface area (Å²) in [4.78, 5) is 18.0. The normalized spacial score (nSPS) is 11.5. The molecule has 2 heterocycles. The van der Waals surface area contributed by atoms with Crippen molar-refractivity contribution in [2.45, 2.75) is 32.1 Å². The van der Waals surface area contributed by atoms with Crippen LogP contribution >= 0.6 is 0 Å². The van der Waals surface area contributed by atoms with Crippen LogP contribution in [0.1, 0.15) is 43.5 Å². The summed E-state index contributed by atoms with van der Waals surface area (Å²) in [7, 11) is 0. The van der Waals surface area contributed by atoms with E-state index in [2.05, 4.69) is 31.1 Å². The molecular formula is C26H26N4O. The van der Waals surface area contributed by atoms with Crippen molar-refractivity contribution >= 4 is 11.7 Å². The molecule has 0 aliphatic heterocycles. The summed E-state index contributed by atoms with van der Waals surface area (Å²) in [6.45, 7) is 6.29. The molecule has 0 bridgehead atoms. The summed E-state index contributed by atoms with van der Waals surface area (Å²) in [5.41, 5.74) is 2.58. The molecule has 5 heteroatoms. The highest BCUT2D eigenvalue weighted by molar-refractivity contribution is 5.97. The first-order valence-electron chi connectivity index (χ1n) is 10.4. The number of aromatic nitrogens is 3. The summed E-state index contributed by atoms with van der Waals surface area (Å²) in [5, 5.41) is 7.87. The van der Waals surface area contributed by atoms with Gasteiger partial charge in [-0.15, -0.1) is 0 Å². The highest BCUT2D eigenvalue weighted by atomic mass is 16.2. The van der Waals surface area contributed by atoms with E-state index in [0.29, 0.717) is 11.6 Å². The van der Waals surface area contributed by atoms with Crippen molar-refractivity contribution in [3.05, 3.63) is 108 Å². The summed E-state index contributed by atoms with van der Waals surface area (Å²) < 4.78 is 1.70. The molecule has 0 unspecified atom stereocenters. The molecule has 156 valence electrons. The fourth-order valence-corrected chi connectivity index (χ4v) is 3.47. The first kappa shape index (κ1) is 20.5. The Balaban J connectivity index is 1.75. The van der Waals surface area contributed by atoms with Crippen LogP contribution in [0, 0.1) is 0 Å². The molecule has 4 rings (SSSR count). The van der Waals surface area contributed by atoms with E-state index in [0.717, 1.165) is 16.8 Å². The van der Waals surface area contributed by atoms with Crippen LogP contribution in [-0.4, -0.2) is 20.7 Å². The van der Waals surface area contributed by atoms with Crippen LogP contribution in [0.5, 0.6) is 0 Å². The van der Waals surface area contributed by atoms with E-state index in [4.69, 9.17) is 5.10 Å². The molecule has 1 amide bonds. The number of pyridine rings is 1. The van der Waals surface area contributed by atoms with Gasteiger partial charge in [-0.3, -0.25) is 4.79 Å². The summed E-state index contributed by atoms with van der Waals surface area (Å²) in [5.74, 6) is 0.706. The summed E-state index contributed by atoms with van der Waals surface area (Å²) in [6, 6.07) is 27.2. The molecule has 2 aromatic carbocycles. The zero-order valence-corrected chi connectivity index (χ0v) is 18.0. The second kappa shape index (κ2) is 8.56. The van der Waals surface area contributed by atoms with Gasteiger partial charge in [0.25, 0.3) is 0 Å². The van der Waals surface area contributed by atoms with Gasteiger partial charge in [-0.2, -0.15) is 9.78 Å². The summed E-state index contributed by atoms with van der Waals surface area (Å²) >= 11 is 0. The van der Waals surface area contributed by atoms with Gasteiger partial charge in [0.05, 0.1) is 11.6 Å². The molecule has 4 aromatic rings.